The van der Waals surface area contributed by atoms with Gasteiger partial charge in [-0.05, 0) is 37.5 Å². The molecule has 1 aromatic heterocycles. The van der Waals surface area contributed by atoms with Crippen LogP contribution in [0.2, 0.25) is 0 Å². The normalized spacial score (nSPS) is 15.2. The van der Waals surface area contributed by atoms with Crippen molar-refractivity contribution in [3.63, 3.8) is 0 Å². The molecule has 3 rings (SSSR count). The first kappa shape index (κ1) is 24.2. The Bertz CT molecular complexity index is 1220. The van der Waals surface area contributed by atoms with E-state index >= 15 is 0 Å². The average molecular weight is 458 g/mol. The van der Waals surface area contributed by atoms with Crippen LogP contribution in [0.4, 0.5) is 5.82 Å². The van der Waals surface area contributed by atoms with Crippen molar-refractivity contribution >= 4 is 11.8 Å². The lowest BCUT2D eigenvalue weighted by Gasteiger charge is -2.31. The average Bonchev–Trinajstić information content (AvgIpc) is 2.79. The maximum Gasteiger partial charge on any atom is 0.336 e. The molecular weight excluding hydrogens is 426 g/mol. The molecule has 9 nitrogen and oxygen atoms in total. The molecule has 2 heterocycles. The van der Waals surface area contributed by atoms with E-state index in [-0.39, 0.29) is 18.1 Å². The third-order valence-corrected chi connectivity index (χ3v) is 5.58. The van der Waals surface area contributed by atoms with Gasteiger partial charge >= 0.3 is 11.7 Å². The van der Waals surface area contributed by atoms with E-state index in [1.807, 2.05) is 20.8 Å². The fourth-order valence-corrected chi connectivity index (χ4v) is 3.95. The summed E-state index contributed by atoms with van der Waals surface area (Å²) in [7, 11) is 4.53. The molecule has 1 aliphatic heterocycles. The Kier molecular flexibility index (Phi) is 7.00. The Balaban J connectivity index is 2.30. The fourth-order valence-electron chi connectivity index (χ4n) is 3.95. The van der Waals surface area contributed by atoms with Crippen molar-refractivity contribution in [1.82, 2.24) is 9.13 Å². The molecule has 178 valence electrons. The first-order valence-electron chi connectivity index (χ1n) is 10.9. The van der Waals surface area contributed by atoms with E-state index in [9.17, 15) is 14.4 Å². The number of esters is 1. The van der Waals surface area contributed by atoms with Gasteiger partial charge in [-0.15, -0.1) is 0 Å². The Morgan fingerprint density at radius 1 is 1.15 bits per heavy atom. The summed E-state index contributed by atoms with van der Waals surface area (Å²) in [6.45, 7) is 8.20. The summed E-state index contributed by atoms with van der Waals surface area (Å²) >= 11 is 0. The Morgan fingerprint density at radius 3 is 2.45 bits per heavy atom. The van der Waals surface area contributed by atoms with E-state index < -0.39 is 23.1 Å². The molecule has 0 spiro atoms. The molecule has 9 heteroatoms. The molecule has 0 fully saturated rings. The number of nitrogens with one attached hydrogen (secondary N) is 1. The lowest BCUT2D eigenvalue weighted by molar-refractivity contribution is -0.140. The van der Waals surface area contributed by atoms with Crippen LogP contribution in [0.15, 0.2) is 39.1 Å². The highest BCUT2D eigenvalue weighted by molar-refractivity contribution is 5.94. The van der Waals surface area contributed by atoms with Crippen LogP contribution in [-0.4, -0.2) is 35.4 Å². The number of allylic oxidation sites excluding steroid dienone is 1. The van der Waals surface area contributed by atoms with Crippen molar-refractivity contribution in [3.05, 3.63) is 61.4 Å². The molecule has 0 saturated heterocycles. The van der Waals surface area contributed by atoms with E-state index in [4.69, 9.17) is 14.2 Å². The SMILES string of the molecule is CCOc1ccc(C2C(C(=O)OCC(C)C)=C(C)Nc3c2c(=O)n(C)c(=O)n3C)cc1OC. The van der Waals surface area contributed by atoms with Gasteiger partial charge in [-0.25, -0.2) is 9.59 Å². The molecule has 1 atom stereocenters. The lowest BCUT2D eigenvalue weighted by Crippen LogP contribution is -2.43. The van der Waals surface area contributed by atoms with Crippen molar-refractivity contribution in [3.8, 4) is 11.5 Å². The monoisotopic (exact) mass is 457 g/mol. The largest absolute Gasteiger partial charge is 0.493 e. The van der Waals surface area contributed by atoms with Gasteiger partial charge in [0.05, 0.1) is 37.4 Å². The molecule has 0 amide bonds. The second kappa shape index (κ2) is 9.56. The van der Waals surface area contributed by atoms with Gasteiger partial charge in [-0.3, -0.25) is 13.9 Å². The molecule has 1 N–H and O–H groups in total. The second-order valence-electron chi connectivity index (χ2n) is 8.40. The molecule has 33 heavy (non-hydrogen) atoms. The van der Waals surface area contributed by atoms with Crippen molar-refractivity contribution in [2.45, 2.75) is 33.6 Å². The van der Waals surface area contributed by atoms with E-state index in [1.54, 1.807) is 32.2 Å². The highest BCUT2D eigenvalue weighted by Gasteiger charge is 2.37. The molecule has 0 bridgehead atoms. The summed E-state index contributed by atoms with van der Waals surface area (Å²) in [5.41, 5.74) is 0.799. The first-order valence-corrected chi connectivity index (χ1v) is 10.9. The van der Waals surface area contributed by atoms with Gasteiger partial charge in [-0.1, -0.05) is 19.9 Å². The van der Waals surface area contributed by atoms with Gasteiger partial charge in [0.1, 0.15) is 5.82 Å². The van der Waals surface area contributed by atoms with Crippen LogP contribution >= 0.6 is 0 Å². The number of ether oxygens (including phenoxy) is 3. The van der Waals surface area contributed by atoms with Crippen molar-refractivity contribution in [2.75, 3.05) is 25.6 Å². The molecular formula is C24H31N3O6. The highest BCUT2D eigenvalue weighted by Crippen LogP contribution is 2.42. The van der Waals surface area contributed by atoms with Crippen molar-refractivity contribution in [2.24, 2.45) is 20.0 Å². The van der Waals surface area contributed by atoms with Gasteiger partial charge in [0.2, 0.25) is 0 Å². The van der Waals surface area contributed by atoms with Gasteiger partial charge in [0.25, 0.3) is 5.56 Å². The number of rotatable bonds is 7. The standard InChI is InChI=1S/C24H31N3O6/c1-8-32-16-10-9-15(11-17(16)31-7)19-18(23(29)33-12-13(2)3)14(4)25-21-20(19)22(28)27(6)24(30)26(21)5/h9-11,13,19,25H,8,12H2,1-7H3. The Labute approximate surface area is 192 Å². The molecule has 0 aliphatic carbocycles. The van der Waals surface area contributed by atoms with Gasteiger partial charge < -0.3 is 19.5 Å². The summed E-state index contributed by atoms with van der Waals surface area (Å²) in [5.74, 6) is 0.235. The van der Waals surface area contributed by atoms with Crippen LogP contribution in [0.3, 0.4) is 0 Å². The number of nitrogens with zero attached hydrogens (tertiary/aromatic N) is 2. The van der Waals surface area contributed by atoms with E-state index in [0.717, 1.165) is 4.57 Å². The quantitative estimate of drug-likeness (QED) is 0.638. The molecule has 0 radical (unpaired) electrons. The van der Waals surface area contributed by atoms with Crippen LogP contribution in [-0.2, 0) is 23.6 Å². The van der Waals surface area contributed by atoms with Crippen molar-refractivity contribution in [1.29, 1.82) is 0 Å². The van der Waals surface area contributed by atoms with Gasteiger partial charge in [0.15, 0.2) is 11.5 Å². The first-order chi connectivity index (χ1) is 15.6. The minimum absolute atomic E-state index is 0.149. The van der Waals surface area contributed by atoms with Crippen molar-refractivity contribution < 1.29 is 19.0 Å². The smallest absolute Gasteiger partial charge is 0.336 e. The summed E-state index contributed by atoms with van der Waals surface area (Å²) < 4.78 is 19.1. The van der Waals surface area contributed by atoms with E-state index in [0.29, 0.717) is 40.8 Å². The minimum Gasteiger partial charge on any atom is -0.493 e. The summed E-state index contributed by atoms with van der Waals surface area (Å²) in [5, 5.41) is 3.09. The van der Waals surface area contributed by atoms with E-state index in [2.05, 4.69) is 5.32 Å². The Morgan fingerprint density at radius 2 is 1.85 bits per heavy atom. The number of hydrogen-bond acceptors (Lipinski definition) is 7. The fraction of sp³-hybridized carbons (Fsp3) is 0.458. The van der Waals surface area contributed by atoms with Crippen LogP contribution in [0, 0.1) is 5.92 Å². The molecule has 1 unspecified atom stereocenters. The number of fused-ring (bicyclic) bond motifs is 1. The lowest BCUT2D eigenvalue weighted by atomic mass is 9.82. The molecule has 0 saturated carbocycles. The maximum absolute atomic E-state index is 13.3. The minimum atomic E-state index is -0.768. The number of hydrogen-bond donors (Lipinski definition) is 1. The Hall–Kier alpha value is -3.49. The van der Waals surface area contributed by atoms with Crippen LogP contribution in [0.25, 0.3) is 0 Å². The number of aromatic nitrogens is 2. The predicted molar refractivity (Wildman–Crippen MR) is 125 cm³/mol. The zero-order chi connectivity index (χ0) is 24.4. The topological polar surface area (TPSA) is 101 Å². The summed E-state index contributed by atoms with van der Waals surface area (Å²) in [6.07, 6.45) is 0. The number of anilines is 1. The predicted octanol–water partition coefficient (Wildman–Crippen LogP) is 2.52. The summed E-state index contributed by atoms with van der Waals surface area (Å²) in [4.78, 5) is 39.1. The highest BCUT2D eigenvalue weighted by atomic mass is 16.5. The van der Waals surface area contributed by atoms with E-state index in [1.165, 1.54) is 18.7 Å². The van der Waals surface area contributed by atoms with Crippen LogP contribution in [0.5, 0.6) is 11.5 Å². The number of methoxy groups -OCH3 is 1. The molecule has 1 aliphatic rings. The zero-order valence-corrected chi connectivity index (χ0v) is 20.1. The van der Waals surface area contributed by atoms with Gasteiger partial charge in [-0.2, -0.15) is 0 Å². The number of benzene rings is 1. The third kappa shape index (κ3) is 4.40. The maximum atomic E-state index is 13.3. The third-order valence-electron chi connectivity index (χ3n) is 5.58. The van der Waals surface area contributed by atoms with Crippen LogP contribution in [0.1, 0.15) is 44.7 Å². The zero-order valence-electron chi connectivity index (χ0n) is 20.1. The second-order valence-corrected chi connectivity index (χ2v) is 8.40. The number of carbonyl (C=O) groups is 1. The molecule has 1 aromatic carbocycles. The van der Waals surface area contributed by atoms with Crippen LogP contribution < -0.4 is 26.0 Å². The number of carbonyl (C=O) groups excluding carboxylic acids is 1. The molecule has 2 aromatic rings. The summed E-state index contributed by atoms with van der Waals surface area (Å²) in [6, 6.07) is 5.29. The van der Waals surface area contributed by atoms with Gasteiger partial charge in [0, 0.05) is 19.8 Å².